The molecule has 3 heteroatoms. The number of amides is 1. The number of nitrogens with zero attached hydrogens (tertiary/aromatic N) is 1. The molecule has 1 unspecified atom stereocenters. The van der Waals surface area contributed by atoms with E-state index in [1.807, 2.05) is 42.2 Å². The molecular weight excluding hydrogens is 200 g/mol. The van der Waals surface area contributed by atoms with Crippen molar-refractivity contribution in [1.29, 1.82) is 0 Å². The van der Waals surface area contributed by atoms with Crippen LogP contribution in [0.5, 0.6) is 0 Å². The largest absolute Gasteiger partial charge is 0.316 e. The van der Waals surface area contributed by atoms with Crippen LogP contribution in [0.4, 0.5) is 5.69 Å². The average Bonchev–Trinajstić information content (AvgIpc) is 2.32. The molecule has 1 amide bonds. The van der Waals surface area contributed by atoms with E-state index in [-0.39, 0.29) is 11.8 Å². The van der Waals surface area contributed by atoms with Crippen LogP contribution < -0.4 is 10.2 Å². The van der Waals surface area contributed by atoms with E-state index in [2.05, 4.69) is 5.32 Å². The second-order valence-corrected chi connectivity index (χ2v) is 4.28. The zero-order valence-corrected chi connectivity index (χ0v) is 9.65. The van der Waals surface area contributed by atoms with Crippen LogP contribution in [-0.4, -0.2) is 25.5 Å². The van der Waals surface area contributed by atoms with E-state index in [1.165, 1.54) is 0 Å². The van der Waals surface area contributed by atoms with Crippen LogP contribution in [0.1, 0.15) is 13.3 Å². The van der Waals surface area contributed by atoms with Gasteiger partial charge in [-0.25, -0.2) is 0 Å². The lowest BCUT2D eigenvalue weighted by Gasteiger charge is -2.28. The number of hydrogen-bond acceptors (Lipinski definition) is 2. The normalized spacial score (nSPS) is 22.7. The van der Waals surface area contributed by atoms with Gasteiger partial charge in [-0.3, -0.25) is 4.79 Å². The van der Waals surface area contributed by atoms with Crippen LogP contribution in [0.15, 0.2) is 30.3 Å². The summed E-state index contributed by atoms with van der Waals surface area (Å²) >= 11 is 0. The monoisotopic (exact) mass is 218 g/mol. The van der Waals surface area contributed by atoms with Crippen molar-refractivity contribution in [3.8, 4) is 0 Å². The van der Waals surface area contributed by atoms with Gasteiger partial charge in [0.05, 0.1) is 0 Å². The van der Waals surface area contributed by atoms with Crippen molar-refractivity contribution in [2.24, 2.45) is 5.92 Å². The molecule has 16 heavy (non-hydrogen) atoms. The second kappa shape index (κ2) is 5.12. The van der Waals surface area contributed by atoms with Gasteiger partial charge in [0.25, 0.3) is 0 Å². The van der Waals surface area contributed by atoms with Crippen LogP contribution >= 0.6 is 0 Å². The van der Waals surface area contributed by atoms with Gasteiger partial charge in [0.15, 0.2) is 0 Å². The molecule has 0 aromatic heterocycles. The Labute approximate surface area is 96.5 Å². The molecule has 1 aromatic rings. The molecule has 0 saturated carbocycles. The molecule has 1 fully saturated rings. The fourth-order valence-corrected chi connectivity index (χ4v) is 2.01. The third-order valence-corrected chi connectivity index (χ3v) is 2.94. The molecule has 1 atom stereocenters. The van der Waals surface area contributed by atoms with E-state index in [4.69, 9.17) is 0 Å². The second-order valence-electron chi connectivity index (χ2n) is 4.28. The fourth-order valence-electron chi connectivity index (χ4n) is 2.01. The minimum absolute atomic E-state index is 0.0560. The summed E-state index contributed by atoms with van der Waals surface area (Å²) in [6, 6.07) is 9.93. The maximum Gasteiger partial charge on any atom is 0.231 e. The molecule has 0 bridgehead atoms. The Bertz CT molecular complexity index is 350. The molecule has 3 nitrogen and oxygen atoms in total. The SMILES string of the molecule is CC1CNCCCN(c2ccccc2)C1=O. The lowest BCUT2D eigenvalue weighted by Crippen LogP contribution is -2.43. The van der Waals surface area contributed by atoms with Crippen LogP contribution in [-0.2, 0) is 4.79 Å². The molecule has 0 radical (unpaired) electrons. The topological polar surface area (TPSA) is 32.3 Å². The zero-order chi connectivity index (χ0) is 11.4. The van der Waals surface area contributed by atoms with Gasteiger partial charge < -0.3 is 10.2 Å². The van der Waals surface area contributed by atoms with E-state index < -0.39 is 0 Å². The highest BCUT2D eigenvalue weighted by atomic mass is 16.2. The summed E-state index contributed by atoms with van der Waals surface area (Å²) in [5.74, 6) is 0.277. The number of hydrogen-bond donors (Lipinski definition) is 1. The minimum atomic E-state index is 0.0560. The van der Waals surface area contributed by atoms with Gasteiger partial charge in [-0.2, -0.15) is 0 Å². The number of carbonyl (C=O) groups is 1. The Morgan fingerprint density at radius 3 is 2.81 bits per heavy atom. The highest BCUT2D eigenvalue weighted by Gasteiger charge is 2.22. The molecule has 86 valence electrons. The third-order valence-electron chi connectivity index (χ3n) is 2.94. The van der Waals surface area contributed by atoms with E-state index in [9.17, 15) is 4.79 Å². The van der Waals surface area contributed by atoms with Crippen LogP contribution in [0.2, 0.25) is 0 Å². The van der Waals surface area contributed by atoms with E-state index in [0.29, 0.717) is 0 Å². The van der Waals surface area contributed by atoms with Crippen molar-refractivity contribution in [1.82, 2.24) is 5.32 Å². The molecule has 2 rings (SSSR count). The first-order valence-electron chi connectivity index (χ1n) is 5.86. The minimum Gasteiger partial charge on any atom is -0.316 e. The van der Waals surface area contributed by atoms with Crippen molar-refractivity contribution < 1.29 is 4.79 Å². The zero-order valence-electron chi connectivity index (χ0n) is 9.65. The summed E-state index contributed by atoms with van der Waals surface area (Å²) in [5.41, 5.74) is 1.02. The highest BCUT2D eigenvalue weighted by Crippen LogP contribution is 2.17. The Morgan fingerprint density at radius 1 is 1.31 bits per heavy atom. The molecule has 0 spiro atoms. The fraction of sp³-hybridized carbons (Fsp3) is 0.462. The van der Waals surface area contributed by atoms with E-state index in [0.717, 1.165) is 31.7 Å². The van der Waals surface area contributed by atoms with Crippen molar-refractivity contribution in [2.75, 3.05) is 24.5 Å². The van der Waals surface area contributed by atoms with Gasteiger partial charge in [0.2, 0.25) is 5.91 Å². The number of benzene rings is 1. The molecular formula is C13H18N2O. The number of rotatable bonds is 1. The predicted octanol–water partition coefficient (Wildman–Crippen LogP) is 1.65. The Morgan fingerprint density at radius 2 is 2.06 bits per heavy atom. The Hall–Kier alpha value is -1.35. The first-order chi connectivity index (χ1) is 7.79. The van der Waals surface area contributed by atoms with E-state index >= 15 is 0 Å². The standard InChI is InChI=1S/C13H18N2O/c1-11-10-14-8-5-9-15(13(11)16)12-6-3-2-4-7-12/h2-4,6-7,11,14H,5,8-10H2,1H3. The maximum absolute atomic E-state index is 12.2. The smallest absolute Gasteiger partial charge is 0.231 e. The van der Waals surface area contributed by atoms with Crippen molar-refractivity contribution in [2.45, 2.75) is 13.3 Å². The summed E-state index contributed by atoms with van der Waals surface area (Å²) in [5, 5.41) is 3.29. The summed E-state index contributed by atoms with van der Waals surface area (Å²) in [4.78, 5) is 14.1. The maximum atomic E-state index is 12.2. The molecule has 1 saturated heterocycles. The molecule has 1 aromatic carbocycles. The van der Waals surface area contributed by atoms with Gasteiger partial charge in [0.1, 0.15) is 0 Å². The summed E-state index contributed by atoms with van der Waals surface area (Å²) < 4.78 is 0. The number of carbonyl (C=O) groups excluding carboxylic acids is 1. The third kappa shape index (κ3) is 2.42. The summed E-state index contributed by atoms with van der Waals surface area (Å²) in [6.07, 6.45) is 1.01. The van der Waals surface area contributed by atoms with Crippen LogP contribution in [0.3, 0.4) is 0 Å². The molecule has 1 heterocycles. The summed E-state index contributed by atoms with van der Waals surface area (Å²) in [7, 11) is 0. The first-order valence-corrected chi connectivity index (χ1v) is 5.86. The van der Waals surface area contributed by atoms with Gasteiger partial charge in [-0.15, -0.1) is 0 Å². The lowest BCUT2D eigenvalue weighted by atomic mass is 10.1. The highest BCUT2D eigenvalue weighted by molar-refractivity contribution is 5.95. The lowest BCUT2D eigenvalue weighted by molar-refractivity contribution is -0.122. The predicted molar refractivity (Wildman–Crippen MR) is 65.4 cm³/mol. The average molecular weight is 218 g/mol. The summed E-state index contributed by atoms with van der Waals surface area (Å²) in [6.45, 7) is 4.56. The van der Waals surface area contributed by atoms with Gasteiger partial charge in [-0.1, -0.05) is 25.1 Å². The van der Waals surface area contributed by atoms with Crippen LogP contribution in [0, 0.1) is 5.92 Å². The van der Waals surface area contributed by atoms with Gasteiger partial charge >= 0.3 is 0 Å². The molecule has 1 N–H and O–H groups in total. The molecule has 1 aliphatic heterocycles. The van der Waals surface area contributed by atoms with Crippen molar-refractivity contribution in [3.63, 3.8) is 0 Å². The molecule has 0 aliphatic carbocycles. The van der Waals surface area contributed by atoms with Gasteiger partial charge in [0, 0.05) is 24.7 Å². The number of anilines is 1. The Kier molecular flexibility index (Phi) is 3.57. The van der Waals surface area contributed by atoms with Crippen molar-refractivity contribution >= 4 is 11.6 Å². The van der Waals surface area contributed by atoms with Gasteiger partial charge in [-0.05, 0) is 25.1 Å². The number of para-hydroxylation sites is 1. The molecule has 1 aliphatic rings. The van der Waals surface area contributed by atoms with E-state index in [1.54, 1.807) is 0 Å². The number of nitrogens with one attached hydrogen (secondary N) is 1. The first kappa shape index (κ1) is 11.1. The van der Waals surface area contributed by atoms with Crippen LogP contribution in [0.25, 0.3) is 0 Å². The quantitative estimate of drug-likeness (QED) is 0.777. The van der Waals surface area contributed by atoms with Crippen molar-refractivity contribution in [3.05, 3.63) is 30.3 Å². The Balaban J connectivity index is 2.20.